The molecule has 2 aromatic rings. The SMILES string of the molecule is Cc1cc(F)cc2c(NCC3CCN(CC(F)(F)F)CC3)c(C#N)cnc12. The molecule has 1 fully saturated rings. The number of nitriles is 1. The molecule has 0 amide bonds. The van der Waals surface area contributed by atoms with Gasteiger partial charge in [-0.25, -0.2) is 4.39 Å². The van der Waals surface area contributed by atoms with Gasteiger partial charge in [-0.1, -0.05) is 0 Å². The van der Waals surface area contributed by atoms with Crippen molar-refractivity contribution >= 4 is 16.6 Å². The molecule has 8 heteroatoms. The van der Waals surface area contributed by atoms with E-state index in [1.165, 1.54) is 23.2 Å². The first kappa shape index (κ1) is 19.4. The minimum absolute atomic E-state index is 0.193. The number of rotatable bonds is 4. The third-order valence-corrected chi connectivity index (χ3v) is 4.92. The molecule has 4 nitrogen and oxygen atoms in total. The van der Waals surface area contributed by atoms with Crippen LogP contribution in [0, 0.1) is 30.0 Å². The number of anilines is 1. The van der Waals surface area contributed by atoms with E-state index in [2.05, 4.69) is 16.4 Å². The fraction of sp³-hybridized carbons (Fsp3) is 0.474. The Labute approximate surface area is 154 Å². The largest absolute Gasteiger partial charge is 0.401 e. The van der Waals surface area contributed by atoms with Crippen LogP contribution in [0.1, 0.15) is 24.0 Å². The van der Waals surface area contributed by atoms with Crippen molar-refractivity contribution in [2.75, 3.05) is 31.5 Å². The number of nitrogens with one attached hydrogen (secondary N) is 1. The summed E-state index contributed by atoms with van der Waals surface area (Å²) in [6, 6.07) is 4.81. The number of alkyl halides is 3. The van der Waals surface area contributed by atoms with Gasteiger partial charge in [0, 0.05) is 18.1 Å². The first-order valence-corrected chi connectivity index (χ1v) is 8.79. The zero-order chi connectivity index (χ0) is 19.6. The van der Waals surface area contributed by atoms with Gasteiger partial charge < -0.3 is 5.32 Å². The molecule has 0 bridgehead atoms. The van der Waals surface area contributed by atoms with Crippen molar-refractivity contribution in [2.45, 2.75) is 25.9 Å². The molecule has 0 aliphatic carbocycles. The van der Waals surface area contributed by atoms with Gasteiger partial charge in [0.05, 0.1) is 23.3 Å². The smallest absolute Gasteiger partial charge is 0.383 e. The number of likely N-dealkylation sites (tertiary alicyclic amines) is 1. The highest BCUT2D eigenvalue weighted by atomic mass is 19.4. The Balaban J connectivity index is 1.72. The fourth-order valence-corrected chi connectivity index (χ4v) is 3.56. The molecule has 27 heavy (non-hydrogen) atoms. The zero-order valence-electron chi connectivity index (χ0n) is 14.9. The van der Waals surface area contributed by atoms with Crippen LogP contribution in [-0.4, -0.2) is 42.2 Å². The molecule has 1 aromatic heterocycles. The summed E-state index contributed by atoms with van der Waals surface area (Å²) < 4.78 is 51.3. The number of halogens is 4. The van der Waals surface area contributed by atoms with Crippen molar-refractivity contribution in [3.8, 4) is 6.07 Å². The monoisotopic (exact) mass is 380 g/mol. The van der Waals surface area contributed by atoms with Crippen LogP contribution in [0.3, 0.4) is 0 Å². The van der Waals surface area contributed by atoms with E-state index in [0.717, 1.165) is 0 Å². The average Bonchev–Trinajstić information content (AvgIpc) is 2.59. The maximum absolute atomic E-state index is 13.9. The van der Waals surface area contributed by atoms with Gasteiger partial charge in [-0.2, -0.15) is 18.4 Å². The lowest BCUT2D eigenvalue weighted by Crippen LogP contribution is -2.41. The van der Waals surface area contributed by atoms with E-state index >= 15 is 0 Å². The van der Waals surface area contributed by atoms with Crippen molar-refractivity contribution < 1.29 is 17.6 Å². The number of aryl methyl sites for hydroxylation is 1. The van der Waals surface area contributed by atoms with Crippen LogP contribution in [0.2, 0.25) is 0 Å². The van der Waals surface area contributed by atoms with Crippen molar-refractivity contribution in [3.05, 3.63) is 35.3 Å². The highest BCUT2D eigenvalue weighted by Crippen LogP contribution is 2.30. The van der Waals surface area contributed by atoms with Gasteiger partial charge >= 0.3 is 6.18 Å². The number of piperidine rings is 1. The van der Waals surface area contributed by atoms with E-state index in [0.29, 0.717) is 60.2 Å². The topological polar surface area (TPSA) is 52.0 Å². The van der Waals surface area contributed by atoms with Gasteiger partial charge in [-0.15, -0.1) is 0 Å². The summed E-state index contributed by atoms with van der Waals surface area (Å²) in [5, 5.41) is 13.1. The lowest BCUT2D eigenvalue weighted by atomic mass is 9.96. The number of fused-ring (bicyclic) bond motifs is 1. The molecule has 1 aliphatic rings. The Kier molecular flexibility index (Phi) is 5.51. The number of nitrogens with zero attached hydrogens (tertiary/aromatic N) is 3. The molecule has 1 aromatic carbocycles. The predicted molar refractivity (Wildman–Crippen MR) is 94.9 cm³/mol. The minimum Gasteiger partial charge on any atom is -0.383 e. The van der Waals surface area contributed by atoms with E-state index in [9.17, 15) is 22.8 Å². The van der Waals surface area contributed by atoms with Crippen LogP contribution < -0.4 is 5.32 Å². The Bertz CT molecular complexity index is 865. The number of aromatic nitrogens is 1. The molecular formula is C19H20F4N4. The van der Waals surface area contributed by atoms with Crippen LogP contribution in [0.25, 0.3) is 10.9 Å². The second-order valence-electron chi connectivity index (χ2n) is 6.99. The van der Waals surface area contributed by atoms with E-state index in [-0.39, 0.29) is 5.92 Å². The summed E-state index contributed by atoms with van der Waals surface area (Å²) >= 11 is 0. The molecule has 0 spiro atoms. The lowest BCUT2D eigenvalue weighted by molar-refractivity contribution is -0.148. The van der Waals surface area contributed by atoms with E-state index < -0.39 is 18.5 Å². The van der Waals surface area contributed by atoms with Gasteiger partial charge in [0.15, 0.2) is 0 Å². The molecular weight excluding hydrogens is 360 g/mol. The molecule has 0 unspecified atom stereocenters. The first-order chi connectivity index (χ1) is 12.8. The highest BCUT2D eigenvalue weighted by Gasteiger charge is 2.32. The van der Waals surface area contributed by atoms with Crippen molar-refractivity contribution in [3.63, 3.8) is 0 Å². The quantitative estimate of drug-likeness (QED) is 0.806. The Morgan fingerprint density at radius 3 is 2.63 bits per heavy atom. The van der Waals surface area contributed by atoms with Crippen LogP contribution >= 0.6 is 0 Å². The summed E-state index contributed by atoms with van der Waals surface area (Å²) in [4.78, 5) is 5.66. The number of hydrogen-bond acceptors (Lipinski definition) is 4. The van der Waals surface area contributed by atoms with Gasteiger partial charge in [0.25, 0.3) is 0 Å². The average molecular weight is 380 g/mol. The number of hydrogen-bond donors (Lipinski definition) is 1. The van der Waals surface area contributed by atoms with Gasteiger partial charge in [0.2, 0.25) is 0 Å². The van der Waals surface area contributed by atoms with Gasteiger partial charge in [-0.05, 0) is 56.5 Å². The molecule has 3 rings (SSSR count). The van der Waals surface area contributed by atoms with E-state index in [1.54, 1.807) is 6.92 Å². The lowest BCUT2D eigenvalue weighted by Gasteiger charge is -2.32. The summed E-state index contributed by atoms with van der Waals surface area (Å²) in [5.74, 6) is -0.209. The van der Waals surface area contributed by atoms with Crippen molar-refractivity contribution in [1.29, 1.82) is 5.26 Å². The van der Waals surface area contributed by atoms with Crippen LogP contribution in [0.4, 0.5) is 23.2 Å². The molecule has 2 heterocycles. The molecule has 1 N–H and O–H groups in total. The molecule has 1 saturated heterocycles. The van der Waals surface area contributed by atoms with Crippen LogP contribution in [-0.2, 0) is 0 Å². The minimum atomic E-state index is -4.18. The summed E-state index contributed by atoms with van der Waals surface area (Å²) in [7, 11) is 0. The van der Waals surface area contributed by atoms with E-state index in [1.807, 2.05) is 0 Å². The Hall–Kier alpha value is -2.40. The first-order valence-electron chi connectivity index (χ1n) is 8.79. The van der Waals surface area contributed by atoms with Gasteiger partial charge in [-0.3, -0.25) is 9.88 Å². The highest BCUT2D eigenvalue weighted by molar-refractivity contribution is 5.95. The van der Waals surface area contributed by atoms with Gasteiger partial charge in [0.1, 0.15) is 11.9 Å². The Morgan fingerprint density at radius 1 is 1.30 bits per heavy atom. The van der Waals surface area contributed by atoms with Crippen molar-refractivity contribution in [2.24, 2.45) is 5.92 Å². The Morgan fingerprint density at radius 2 is 2.00 bits per heavy atom. The molecule has 1 aliphatic heterocycles. The maximum Gasteiger partial charge on any atom is 0.401 e. The second kappa shape index (κ2) is 7.69. The molecule has 0 atom stereocenters. The number of benzene rings is 1. The van der Waals surface area contributed by atoms with Crippen molar-refractivity contribution in [1.82, 2.24) is 9.88 Å². The number of pyridine rings is 1. The maximum atomic E-state index is 13.9. The van der Waals surface area contributed by atoms with E-state index in [4.69, 9.17) is 0 Å². The third kappa shape index (κ3) is 4.66. The second-order valence-corrected chi connectivity index (χ2v) is 6.99. The van der Waals surface area contributed by atoms with Crippen LogP contribution in [0.15, 0.2) is 18.3 Å². The normalized spacial score (nSPS) is 16.4. The molecule has 0 radical (unpaired) electrons. The predicted octanol–water partition coefficient (Wildman–Crippen LogP) is 4.24. The molecule has 144 valence electrons. The standard InChI is InChI=1S/C19H20F4N4/c1-12-6-15(20)7-16-17(12)26-10-14(8-24)18(16)25-9-13-2-4-27(5-3-13)11-19(21,22)23/h6-7,10,13H,2-5,9,11H2,1H3,(H,25,26). The summed E-state index contributed by atoms with van der Waals surface area (Å²) in [5.41, 5.74) is 2.15. The summed E-state index contributed by atoms with van der Waals surface area (Å²) in [6.07, 6.45) is -1.44. The third-order valence-electron chi connectivity index (χ3n) is 4.92. The fourth-order valence-electron chi connectivity index (χ4n) is 3.56. The zero-order valence-corrected chi connectivity index (χ0v) is 14.9. The summed E-state index contributed by atoms with van der Waals surface area (Å²) in [6.45, 7) is 2.18. The molecule has 0 saturated carbocycles. The van der Waals surface area contributed by atoms with Crippen LogP contribution in [0.5, 0.6) is 0 Å².